The van der Waals surface area contributed by atoms with Crippen LogP contribution in [0.3, 0.4) is 0 Å². The van der Waals surface area contributed by atoms with Crippen molar-refractivity contribution in [3.63, 3.8) is 0 Å². The van der Waals surface area contributed by atoms with E-state index < -0.39 is 0 Å². The molecule has 0 heterocycles. The third-order valence-corrected chi connectivity index (χ3v) is 11.7. The predicted molar refractivity (Wildman–Crippen MR) is 235 cm³/mol. The maximum absolute atomic E-state index is 3.42. The van der Waals surface area contributed by atoms with Gasteiger partial charge in [0.15, 0.2) is 0 Å². The standard InChI is InChI=1S/3C14H15N.C10H15.Ti/c3*1-3-7-13(8-4-1)11-15-12-14-9-5-2-6-10-14;1-7-6-10(4,5)9(3)8(7)2;/h3*1-10,15H,11-12H2;1-5H3;. The largest absolute Gasteiger partial charge is 0.309 e. The van der Waals surface area contributed by atoms with Crippen molar-refractivity contribution in [3.8, 4) is 0 Å². The smallest absolute Gasteiger partial charge is 0.0208 e. The molecule has 0 unspecified atom stereocenters. The zero-order valence-corrected chi connectivity index (χ0v) is 35.6. The Morgan fingerprint density at radius 1 is 0.339 bits per heavy atom. The summed E-state index contributed by atoms with van der Waals surface area (Å²) in [6, 6.07) is 62.7. The molecule has 0 aromatic heterocycles. The van der Waals surface area contributed by atoms with E-state index >= 15 is 0 Å². The Hall–Kier alpha value is -4.61. The Morgan fingerprint density at radius 2 is 0.536 bits per heavy atom. The van der Waals surface area contributed by atoms with Gasteiger partial charge in [-0.1, -0.05) is 182 Å². The first-order valence-electron chi connectivity index (χ1n) is 19.7. The number of hydrogen-bond acceptors (Lipinski definition) is 3. The molecule has 0 saturated heterocycles. The van der Waals surface area contributed by atoms with Crippen molar-refractivity contribution >= 4 is 0 Å². The molecule has 6 aromatic carbocycles. The minimum absolute atomic E-state index is 0.314. The van der Waals surface area contributed by atoms with Crippen molar-refractivity contribution in [2.75, 3.05) is 0 Å². The van der Waals surface area contributed by atoms with Gasteiger partial charge in [0.05, 0.1) is 0 Å². The fourth-order valence-electron chi connectivity index (χ4n) is 6.22. The summed E-state index contributed by atoms with van der Waals surface area (Å²) in [6.07, 6.45) is 0. The van der Waals surface area contributed by atoms with Crippen LogP contribution in [0.1, 0.15) is 68.0 Å². The van der Waals surface area contributed by atoms with Crippen LogP contribution in [0.15, 0.2) is 203 Å². The summed E-state index contributed by atoms with van der Waals surface area (Å²) in [6.45, 7) is 16.9. The van der Waals surface area contributed by atoms with Crippen LogP contribution in [-0.4, -0.2) is 0 Å². The number of hydrogen-bond donors (Lipinski definition) is 3. The van der Waals surface area contributed by atoms with Crippen molar-refractivity contribution in [3.05, 3.63) is 236 Å². The van der Waals surface area contributed by atoms with Gasteiger partial charge in [0.2, 0.25) is 0 Å². The summed E-state index contributed by atoms with van der Waals surface area (Å²) < 4.78 is 1.53. The molecule has 1 aliphatic carbocycles. The fourth-order valence-corrected chi connectivity index (χ4v) is 6.81. The number of rotatable bonds is 12. The normalized spacial score (nSPS) is 12.7. The zero-order chi connectivity index (χ0) is 39.9. The molecule has 0 saturated carbocycles. The predicted octanol–water partition coefficient (Wildman–Crippen LogP) is 12.1. The Morgan fingerprint density at radius 3 is 0.661 bits per heavy atom. The molecule has 6 aromatic rings. The topological polar surface area (TPSA) is 36.1 Å². The van der Waals surface area contributed by atoms with Crippen molar-refractivity contribution in [2.45, 2.75) is 73.9 Å². The van der Waals surface area contributed by atoms with Gasteiger partial charge in [-0.2, -0.15) is 0 Å². The minimum atomic E-state index is 0.314. The van der Waals surface area contributed by atoms with Crippen LogP contribution in [0.5, 0.6) is 0 Å². The SMILES string of the molecule is CC1=C(C)C(C)(C)[C]([Ti])=C1C.c1ccc(CNCc2ccccc2)cc1.c1ccc(CNCc2ccccc2)cc1.c1ccc(CNCc2ccccc2)cc1. The maximum atomic E-state index is 3.42. The summed E-state index contributed by atoms with van der Waals surface area (Å²) in [5.41, 5.74) is 12.8. The molecule has 4 heteroatoms. The number of allylic oxidation sites excluding steroid dienone is 4. The number of nitrogens with one attached hydrogen (secondary N) is 3. The molecular formula is C52H60N3Ti. The molecule has 0 fully saturated rings. The Balaban J connectivity index is 0.000000167. The first kappa shape index (κ1) is 44.1. The molecular weight excluding hydrogens is 714 g/mol. The van der Waals surface area contributed by atoms with Crippen LogP contribution in [0.4, 0.5) is 0 Å². The van der Waals surface area contributed by atoms with Crippen molar-refractivity contribution < 1.29 is 20.4 Å². The van der Waals surface area contributed by atoms with Gasteiger partial charge in [-0.25, -0.2) is 0 Å². The minimum Gasteiger partial charge on any atom is -0.309 e. The van der Waals surface area contributed by atoms with Crippen LogP contribution < -0.4 is 16.0 Å². The molecule has 287 valence electrons. The van der Waals surface area contributed by atoms with Gasteiger partial charge in [-0.3, -0.25) is 0 Å². The first-order chi connectivity index (χ1) is 27.2. The van der Waals surface area contributed by atoms with Crippen molar-refractivity contribution in [1.82, 2.24) is 16.0 Å². The van der Waals surface area contributed by atoms with Crippen LogP contribution in [0.2, 0.25) is 0 Å². The van der Waals surface area contributed by atoms with Crippen molar-refractivity contribution in [1.29, 1.82) is 0 Å². The van der Waals surface area contributed by atoms with Gasteiger partial charge in [0.1, 0.15) is 0 Å². The van der Waals surface area contributed by atoms with E-state index in [1.54, 1.807) is 0 Å². The number of benzene rings is 6. The van der Waals surface area contributed by atoms with Crippen LogP contribution in [0.25, 0.3) is 0 Å². The van der Waals surface area contributed by atoms with Crippen molar-refractivity contribution in [2.24, 2.45) is 5.41 Å². The Bertz CT molecular complexity index is 1660. The molecule has 3 N–H and O–H groups in total. The monoisotopic (exact) mass is 774 g/mol. The molecule has 0 radical (unpaired) electrons. The first-order valence-corrected chi connectivity index (χ1v) is 20.5. The summed E-state index contributed by atoms with van der Waals surface area (Å²) in [5.74, 6) is 0. The summed E-state index contributed by atoms with van der Waals surface area (Å²) in [4.78, 5) is 0. The second kappa shape index (κ2) is 24.8. The zero-order valence-electron chi connectivity index (χ0n) is 34.1. The second-order valence-electron chi connectivity index (χ2n) is 14.6. The van der Waals surface area contributed by atoms with Gasteiger partial charge in [-0.05, 0) is 33.4 Å². The molecule has 0 bridgehead atoms. The third kappa shape index (κ3) is 15.9. The average Bonchev–Trinajstić information content (AvgIpc) is 3.38. The van der Waals surface area contributed by atoms with E-state index in [4.69, 9.17) is 0 Å². The van der Waals surface area contributed by atoms with Gasteiger partial charge in [-0.15, -0.1) is 0 Å². The molecule has 0 amide bonds. The summed E-state index contributed by atoms with van der Waals surface area (Å²) in [5, 5.41) is 10.3. The molecule has 56 heavy (non-hydrogen) atoms. The second-order valence-corrected chi connectivity index (χ2v) is 15.4. The molecule has 7 rings (SSSR count). The Kier molecular flexibility index (Phi) is 19.5. The van der Waals surface area contributed by atoms with Crippen LogP contribution in [-0.2, 0) is 59.7 Å². The molecule has 0 atom stereocenters. The van der Waals surface area contributed by atoms with Gasteiger partial charge >= 0.3 is 81.1 Å². The molecule has 3 nitrogen and oxygen atoms in total. The van der Waals surface area contributed by atoms with Crippen LogP contribution >= 0.6 is 0 Å². The van der Waals surface area contributed by atoms with Crippen LogP contribution in [0, 0.1) is 5.41 Å². The fraction of sp³-hybridized carbons (Fsp3) is 0.231. The van der Waals surface area contributed by atoms with E-state index in [9.17, 15) is 0 Å². The van der Waals surface area contributed by atoms with E-state index in [0.29, 0.717) is 5.41 Å². The molecule has 0 spiro atoms. The molecule has 0 aliphatic heterocycles. The van der Waals surface area contributed by atoms with Gasteiger partial charge < -0.3 is 16.0 Å². The summed E-state index contributed by atoms with van der Waals surface area (Å²) in [7, 11) is 0. The average molecular weight is 775 g/mol. The quantitative estimate of drug-likeness (QED) is 0.108. The van der Waals surface area contributed by atoms with Gasteiger partial charge in [0, 0.05) is 39.3 Å². The van der Waals surface area contributed by atoms with E-state index in [2.05, 4.69) is 217 Å². The maximum Gasteiger partial charge on any atom is 0.0208 e. The molecule has 1 aliphatic rings. The van der Waals surface area contributed by atoms with E-state index in [1.165, 1.54) is 54.0 Å². The third-order valence-electron chi connectivity index (χ3n) is 10.1. The Labute approximate surface area is 349 Å². The van der Waals surface area contributed by atoms with E-state index in [1.807, 2.05) is 36.4 Å². The summed E-state index contributed by atoms with van der Waals surface area (Å²) >= 11 is 2.25. The van der Waals surface area contributed by atoms with E-state index in [0.717, 1.165) is 39.3 Å². The van der Waals surface area contributed by atoms with E-state index in [-0.39, 0.29) is 0 Å². The van der Waals surface area contributed by atoms with Gasteiger partial charge in [0.25, 0.3) is 0 Å².